The molecule has 0 radical (unpaired) electrons. The minimum Gasteiger partial charge on any atom is -0.383 e. The fraction of sp³-hybridized carbons (Fsp3) is 0.917. The summed E-state index contributed by atoms with van der Waals surface area (Å²) in [5, 5.41) is 3.12. The van der Waals surface area contributed by atoms with Gasteiger partial charge in [-0.1, -0.05) is 0 Å². The van der Waals surface area contributed by atoms with Crippen molar-refractivity contribution >= 4 is 5.96 Å². The average molecular weight is 296 g/mol. The first kappa shape index (κ1) is 17.0. The molecule has 118 valence electrons. The Morgan fingerprint density at radius 2 is 1.90 bits per heavy atom. The Bertz CT molecular complexity index is 314. The van der Waals surface area contributed by atoms with Crippen molar-refractivity contribution in [3.63, 3.8) is 0 Å². The van der Waals surface area contributed by atoms with Crippen molar-refractivity contribution in [2.75, 3.05) is 53.5 Å². The van der Waals surface area contributed by atoms with Gasteiger partial charge in [0.15, 0.2) is 5.96 Å². The summed E-state index contributed by atoms with van der Waals surface area (Å²) in [6.07, 6.45) is -4.17. The van der Waals surface area contributed by atoms with E-state index in [-0.39, 0.29) is 0 Å². The van der Waals surface area contributed by atoms with Gasteiger partial charge in [0.1, 0.15) is 6.04 Å². The molecule has 0 aromatic heterocycles. The number of halogens is 3. The Morgan fingerprint density at radius 3 is 2.35 bits per heavy atom. The molecule has 1 unspecified atom stereocenters. The van der Waals surface area contributed by atoms with Crippen molar-refractivity contribution in [3.05, 3.63) is 0 Å². The number of aliphatic imine (C=N–C) groups is 1. The Hall–Kier alpha value is -1.02. The van der Waals surface area contributed by atoms with E-state index >= 15 is 0 Å². The summed E-state index contributed by atoms with van der Waals surface area (Å²) in [6, 6.07) is -1.40. The molecule has 0 saturated carbocycles. The number of guanidine groups is 1. The number of nitrogens with zero attached hydrogens (tertiary/aromatic N) is 3. The van der Waals surface area contributed by atoms with Crippen LogP contribution in [-0.4, -0.2) is 81.5 Å². The SMILES string of the molecule is CN=C(NCCOC)N1CCN(C(C)C(F)(F)F)CC1. The topological polar surface area (TPSA) is 40.1 Å². The van der Waals surface area contributed by atoms with E-state index in [1.807, 2.05) is 4.90 Å². The van der Waals surface area contributed by atoms with Crippen LogP contribution in [0.4, 0.5) is 13.2 Å². The third-order valence-corrected chi connectivity index (χ3v) is 3.44. The van der Waals surface area contributed by atoms with Crippen LogP contribution in [0.15, 0.2) is 4.99 Å². The normalized spacial score (nSPS) is 20.1. The molecule has 1 heterocycles. The lowest BCUT2D eigenvalue weighted by molar-refractivity contribution is -0.181. The van der Waals surface area contributed by atoms with Gasteiger partial charge in [-0.2, -0.15) is 13.2 Å². The molecule has 1 saturated heterocycles. The van der Waals surface area contributed by atoms with Crippen molar-refractivity contribution < 1.29 is 17.9 Å². The monoisotopic (exact) mass is 296 g/mol. The van der Waals surface area contributed by atoms with Gasteiger partial charge in [0, 0.05) is 46.9 Å². The molecule has 0 spiro atoms. The third-order valence-electron chi connectivity index (χ3n) is 3.44. The zero-order valence-corrected chi connectivity index (χ0v) is 12.2. The molecule has 1 fully saturated rings. The minimum atomic E-state index is -4.17. The molecule has 0 aromatic carbocycles. The largest absolute Gasteiger partial charge is 0.403 e. The highest BCUT2D eigenvalue weighted by molar-refractivity contribution is 5.79. The van der Waals surface area contributed by atoms with E-state index in [1.165, 1.54) is 11.8 Å². The summed E-state index contributed by atoms with van der Waals surface area (Å²) in [5.74, 6) is 0.710. The average Bonchev–Trinajstić information content (AvgIpc) is 2.42. The van der Waals surface area contributed by atoms with Gasteiger partial charge < -0.3 is 15.0 Å². The van der Waals surface area contributed by atoms with Gasteiger partial charge in [0.25, 0.3) is 0 Å². The highest BCUT2D eigenvalue weighted by Gasteiger charge is 2.40. The number of methoxy groups -OCH3 is 1. The maximum atomic E-state index is 12.7. The Balaban J connectivity index is 2.44. The van der Waals surface area contributed by atoms with Gasteiger partial charge in [0.05, 0.1) is 6.61 Å². The van der Waals surface area contributed by atoms with Gasteiger partial charge in [-0.3, -0.25) is 9.89 Å². The van der Waals surface area contributed by atoms with Crippen LogP contribution < -0.4 is 5.32 Å². The highest BCUT2D eigenvalue weighted by atomic mass is 19.4. The molecular weight excluding hydrogens is 273 g/mol. The molecule has 1 atom stereocenters. The highest BCUT2D eigenvalue weighted by Crippen LogP contribution is 2.25. The number of hydrogen-bond donors (Lipinski definition) is 1. The van der Waals surface area contributed by atoms with E-state index in [4.69, 9.17) is 4.74 Å². The van der Waals surface area contributed by atoms with Crippen molar-refractivity contribution in [1.29, 1.82) is 0 Å². The van der Waals surface area contributed by atoms with Gasteiger partial charge in [0.2, 0.25) is 0 Å². The maximum absolute atomic E-state index is 12.7. The van der Waals surface area contributed by atoms with E-state index in [0.29, 0.717) is 45.3 Å². The number of rotatable bonds is 4. The van der Waals surface area contributed by atoms with Crippen molar-refractivity contribution in [1.82, 2.24) is 15.1 Å². The molecule has 0 amide bonds. The standard InChI is InChI=1S/C12H23F3N4O/c1-10(12(13,14)15)18-5-7-19(8-6-18)11(16-2)17-4-9-20-3/h10H,4-9H2,1-3H3,(H,16,17). The predicted molar refractivity (Wildman–Crippen MR) is 71.9 cm³/mol. The van der Waals surface area contributed by atoms with Crippen LogP contribution >= 0.6 is 0 Å². The molecule has 0 bridgehead atoms. The van der Waals surface area contributed by atoms with Crippen molar-refractivity contribution in [2.45, 2.75) is 19.1 Å². The molecule has 20 heavy (non-hydrogen) atoms. The molecule has 8 heteroatoms. The van der Waals surface area contributed by atoms with Crippen molar-refractivity contribution in [3.8, 4) is 0 Å². The van der Waals surface area contributed by atoms with Crippen LogP contribution in [0, 0.1) is 0 Å². The first-order valence-electron chi connectivity index (χ1n) is 6.65. The maximum Gasteiger partial charge on any atom is 0.403 e. The second-order valence-electron chi connectivity index (χ2n) is 4.71. The van der Waals surface area contributed by atoms with E-state index in [9.17, 15) is 13.2 Å². The summed E-state index contributed by atoms with van der Waals surface area (Å²) >= 11 is 0. The fourth-order valence-corrected chi connectivity index (χ4v) is 2.13. The number of ether oxygens (including phenoxy) is 1. The second kappa shape index (κ2) is 7.68. The number of hydrogen-bond acceptors (Lipinski definition) is 3. The predicted octanol–water partition coefficient (Wildman–Crippen LogP) is 0.777. The van der Waals surface area contributed by atoms with E-state index < -0.39 is 12.2 Å². The van der Waals surface area contributed by atoms with Gasteiger partial charge in [-0.15, -0.1) is 0 Å². The number of alkyl halides is 3. The Kier molecular flexibility index (Phi) is 6.54. The zero-order chi connectivity index (χ0) is 15.2. The van der Waals surface area contributed by atoms with Crippen LogP contribution in [-0.2, 0) is 4.74 Å². The number of piperazine rings is 1. The summed E-state index contributed by atoms with van der Waals surface area (Å²) < 4.78 is 42.9. The third kappa shape index (κ3) is 4.82. The van der Waals surface area contributed by atoms with Crippen LogP contribution in [0.3, 0.4) is 0 Å². The van der Waals surface area contributed by atoms with Crippen LogP contribution in [0.2, 0.25) is 0 Å². The Morgan fingerprint density at radius 1 is 1.30 bits per heavy atom. The molecule has 1 aliphatic heterocycles. The summed E-state index contributed by atoms with van der Waals surface area (Å²) in [4.78, 5) is 7.56. The first-order valence-corrected chi connectivity index (χ1v) is 6.65. The van der Waals surface area contributed by atoms with Crippen LogP contribution in [0.25, 0.3) is 0 Å². The number of nitrogens with one attached hydrogen (secondary N) is 1. The van der Waals surface area contributed by atoms with E-state index in [1.54, 1.807) is 14.2 Å². The molecule has 1 N–H and O–H groups in total. The fourth-order valence-electron chi connectivity index (χ4n) is 2.13. The van der Waals surface area contributed by atoms with E-state index in [0.717, 1.165) is 0 Å². The molecule has 5 nitrogen and oxygen atoms in total. The summed E-state index contributed by atoms with van der Waals surface area (Å²) in [5.41, 5.74) is 0. The first-order chi connectivity index (χ1) is 9.40. The smallest absolute Gasteiger partial charge is 0.383 e. The van der Waals surface area contributed by atoms with Crippen molar-refractivity contribution in [2.24, 2.45) is 4.99 Å². The quantitative estimate of drug-likeness (QED) is 0.473. The van der Waals surface area contributed by atoms with Gasteiger partial charge in [-0.05, 0) is 6.92 Å². The van der Waals surface area contributed by atoms with Gasteiger partial charge >= 0.3 is 6.18 Å². The lowest BCUT2D eigenvalue weighted by Crippen LogP contribution is -2.57. The zero-order valence-electron chi connectivity index (χ0n) is 12.2. The molecular formula is C12H23F3N4O. The van der Waals surface area contributed by atoms with Gasteiger partial charge in [-0.25, -0.2) is 0 Å². The minimum absolute atomic E-state index is 0.381. The molecule has 1 aliphatic rings. The summed E-state index contributed by atoms with van der Waals surface area (Å²) in [6.45, 7) is 4.23. The van der Waals surface area contributed by atoms with Crippen LogP contribution in [0.5, 0.6) is 0 Å². The molecule has 1 rings (SSSR count). The second-order valence-corrected chi connectivity index (χ2v) is 4.71. The lowest BCUT2D eigenvalue weighted by Gasteiger charge is -2.39. The molecule has 0 aliphatic carbocycles. The Labute approximate surface area is 117 Å². The van der Waals surface area contributed by atoms with Crippen LogP contribution in [0.1, 0.15) is 6.92 Å². The summed E-state index contributed by atoms with van der Waals surface area (Å²) in [7, 11) is 3.28. The molecule has 0 aromatic rings. The van der Waals surface area contributed by atoms with E-state index in [2.05, 4.69) is 10.3 Å². The lowest BCUT2D eigenvalue weighted by atomic mass is 10.2.